The molecular weight excluding hydrogens is 198 g/mol. The van der Waals surface area contributed by atoms with Crippen molar-refractivity contribution < 1.29 is 14.3 Å². The van der Waals surface area contributed by atoms with Gasteiger partial charge in [-0.3, -0.25) is 0 Å². The van der Waals surface area contributed by atoms with E-state index in [9.17, 15) is 4.79 Å². The molecule has 0 radical (unpaired) electrons. The second kappa shape index (κ2) is 3.82. The van der Waals surface area contributed by atoms with E-state index in [1.165, 1.54) is 7.11 Å². The first-order chi connectivity index (χ1) is 7.22. The molecule has 15 heavy (non-hydrogen) atoms. The van der Waals surface area contributed by atoms with Crippen molar-refractivity contribution in [2.24, 2.45) is 0 Å². The highest BCUT2D eigenvalue weighted by atomic mass is 16.5. The van der Waals surface area contributed by atoms with Crippen LogP contribution >= 0.6 is 0 Å². The number of rotatable bonds is 1. The summed E-state index contributed by atoms with van der Waals surface area (Å²) < 4.78 is 9.86. The highest BCUT2D eigenvalue weighted by Crippen LogP contribution is 2.19. The molecule has 1 aromatic heterocycles. The van der Waals surface area contributed by atoms with Crippen LogP contribution in [-0.2, 0) is 22.5 Å². The molecule has 0 bridgehead atoms. The van der Waals surface area contributed by atoms with Crippen molar-refractivity contribution in [3.05, 3.63) is 17.0 Å². The van der Waals surface area contributed by atoms with E-state index in [2.05, 4.69) is 14.7 Å². The lowest BCUT2D eigenvalue weighted by atomic mass is 10.1. The van der Waals surface area contributed by atoms with E-state index in [4.69, 9.17) is 10.5 Å². The maximum atomic E-state index is 11.4. The first-order valence-electron chi connectivity index (χ1n) is 4.53. The number of nitrogens with zero attached hydrogens (tertiary/aromatic N) is 2. The zero-order valence-electron chi connectivity index (χ0n) is 8.32. The number of fused-ring (bicyclic) bond motifs is 1. The highest BCUT2D eigenvalue weighted by molar-refractivity contribution is 5.89. The van der Waals surface area contributed by atoms with Crippen LogP contribution in [0.2, 0.25) is 0 Å². The highest BCUT2D eigenvalue weighted by Gasteiger charge is 2.22. The van der Waals surface area contributed by atoms with Gasteiger partial charge in [0.05, 0.1) is 26.0 Å². The third kappa shape index (κ3) is 1.75. The molecule has 2 rings (SSSR count). The Morgan fingerprint density at radius 2 is 2.33 bits per heavy atom. The number of esters is 1. The Balaban J connectivity index is 2.52. The lowest BCUT2D eigenvalue weighted by Gasteiger charge is -2.17. The molecule has 1 aliphatic rings. The molecule has 0 aliphatic carbocycles. The number of aromatic nitrogens is 2. The topological polar surface area (TPSA) is 87.3 Å². The third-order valence-corrected chi connectivity index (χ3v) is 2.22. The van der Waals surface area contributed by atoms with Gasteiger partial charge in [0.1, 0.15) is 0 Å². The second-order valence-electron chi connectivity index (χ2n) is 3.15. The molecule has 6 heteroatoms. The number of nitrogen functional groups attached to an aromatic ring is 1. The normalized spacial score (nSPS) is 14.5. The van der Waals surface area contributed by atoms with E-state index in [1.807, 2.05) is 0 Å². The van der Waals surface area contributed by atoms with Crippen molar-refractivity contribution in [2.45, 2.75) is 13.0 Å². The number of ether oxygens (including phenoxy) is 2. The van der Waals surface area contributed by atoms with E-state index in [1.54, 1.807) is 0 Å². The summed E-state index contributed by atoms with van der Waals surface area (Å²) in [6.07, 6.45) is 0.645. The van der Waals surface area contributed by atoms with Crippen LogP contribution in [0.3, 0.4) is 0 Å². The zero-order chi connectivity index (χ0) is 10.8. The summed E-state index contributed by atoms with van der Waals surface area (Å²) >= 11 is 0. The number of methoxy groups -OCH3 is 1. The van der Waals surface area contributed by atoms with Crippen LogP contribution in [0.5, 0.6) is 0 Å². The van der Waals surface area contributed by atoms with Crippen LogP contribution < -0.4 is 5.73 Å². The molecule has 0 saturated carbocycles. The minimum atomic E-state index is -0.508. The van der Waals surface area contributed by atoms with Crippen LogP contribution in [0.1, 0.15) is 21.7 Å². The lowest BCUT2D eigenvalue weighted by Crippen LogP contribution is -2.20. The van der Waals surface area contributed by atoms with Gasteiger partial charge in [-0.25, -0.2) is 14.8 Å². The monoisotopic (exact) mass is 209 g/mol. The summed E-state index contributed by atoms with van der Waals surface area (Å²) in [6.45, 7) is 0.921. The van der Waals surface area contributed by atoms with Crippen molar-refractivity contribution in [3.63, 3.8) is 0 Å². The van der Waals surface area contributed by atoms with Crippen molar-refractivity contribution in [2.75, 3.05) is 19.5 Å². The Bertz CT molecular complexity index is 406. The van der Waals surface area contributed by atoms with E-state index in [-0.39, 0.29) is 11.6 Å². The maximum absolute atomic E-state index is 11.4. The first kappa shape index (κ1) is 9.85. The quantitative estimate of drug-likeness (QED) is 0.651. The standard InChI is InChI=1S/C9H11N3O3/c1-14-8(13)7-5-4-15-3-2-6(5)11-9(10)12-7/h2-4H2,1H3,(H2,10,11,12). The molecule has 0 saturated heterocycles. The van der Waals surface area contributed by atoms with Crippen molar-refractivity contribution in [3.8, 4) is 0 Å². The summed E-state index contributed by atoms with van der Waals surface area (Å²) in [5.74, 6) is -0.415. The maximum Gasteiger partial charge on any atom is 0.357 e. The van der Waals surface area contributed by atoms with Crippen LogP contribution in [0.25, 0.3) is 0 Å². The number of nitrogens with two attached hydrogens (primary N) is 1. The number of carbonyl (C=O) groups is 1. The van der Waals surface area contributed by atoms with Crippen LogP contribution in [0, 0.1) is 0 Å². The molecule has 0 aromatic carbocycles. The molecule has 0 unspecified atom stereocenters. The Kier molecular flexibility index (Phi) is 2.51. The third-order valence-electron chi connectivity index (χ3n) is 2.22. The molecule has 2 N–H and O–H groups in total. The Morgan fingerprint density at radius 1 is 1.53 bits per heavy atom. The first-order valence-corrected chi connectivity index (χ1v) is 4.53. The molecule has 1 aromatic rings. The van der Waals surface area contributed by atoms with Crippen molar-refractivity contribution >= 4 is 11.9 Å². The van der Waals surface area contributed by atoms with Gasteiger partial charge >= 0.3 is 5.97 Å². The van der Waals surface area contributed by atoms with Gasteiger partial charge in [0.25, 0.3) is 0 Å². The van der Waals surface area contributed by atoms with Gasteiger partial charge < -0.3 is 15.2 Å². The van der Waals surface area contributed by atoms with Crippen LogP contribution in [0.15, 0.2) is 0 Å². The SMILES string of the molecule is COC(=O)c1nc(N)nc2c1COCC2. The summed E-state index contributed by atoms with van der Waals surface area (Å²) in [4.78, 5) is 19.4. The molecule has 80 valence electrons. The largest absolute Gasteiger partial charge is 0.464 e. The second-order valence-corrected chi connectivity index (χ2v) is 3.15. The van der Waals surface area contributed by atoms with E-state index in [0.717, 1.165) is 5.69 Å². The number of hydrogen-bond acceptors (Lipinski definition) is 6. The molecular formula is C9H11N3O3. The Labute approximate surface area is 86.4 Å². The van der Waals surface area contributed by atoms with Gasteiger partial charge in [-0.1, -0.05) is 0 Å². The lowest BCUT2D eigenvalue weighted by molar-refractivity contribution is 0.0579. The van der Waals surface area contributed by atoms with Gasteiger partial charge in [-0.05, 0) is 0 Å². The van der Waals surface area contributed by atoms with Gasteiger partial charge in [-0.2, -0.15) is 0 Å². The smallest absolute Gasteiger partial charge is 0.357 e. The summed E-state index contributed by atoms with van der Waals surface area (Å²) in [5.41, 5.74) is 7.17. The number of carbonyl (C=O) groups excluding carboxylic acids is 1. The molecule has 6 nitrogen and oxygen atoms in total. The molecule has 0 amide bonds. The average molecular weight is 209 g/mol. The molecule has 0 atom stereocenters. The Morgan fingerprint density at radius 3 is 3.07 bits per heavy atom. The summed E-state index contributed by atoms with van der Waals surface area (Å²) in [5, 5.41) is 0. The summed E-state index contributed by atoms with van der Waals surface area (Å²) in [7, 11) is 1.30. The van der Waals surface area contributed by atoms with E-state index < -0.39 is 5.97 Å². The fourth-order valence-electron chi connectivity index (χ4n) is 1.52. The molecule has 1 aliphatic heterocycles. The van der Waals surface area contributed by atoms with Crippen molar-refractivity contribution in [1.82, 2.24) is 9.97 Å². The van der Waals surface area contributed by atoms with Gasteiger partial charge in [0.2, 0.25) is 5.95 Å². The minimum Gasteiger partial charge on any atom is -0.464 e. The molecule has 0 spiro atoms. The average Bonchev–Trinajstić information content (AvgIpc) is 2.26. The zero-order valence-corrected chi connectivity index (χ0v) is 8.32. The molecule has 0 fully saturated rings. The van der Waals surface area contributed by atoms with Crippen LogP contribution in [0.4, 0.5) is 5.95 Å². The van der Waals surface area contributed by atoms with Crippen molar-refractivity contribution in [1.29, 1.82) is 0 Å². The number of hydrogen-bond donors (Lipinski definition) is 1. The van der Waals surface area contributed by atoms with Gasteiger partial charge in [-0.15, -0.1) is 0 Å². The Hall–Kier alpha value is -1.69. The van der Waals surface area contributed by atoms with Crippen LogP contribution in [-0.4, -0.2) is 29.7 Å². The van der Waals surface area contributed by atoms with Gasteiger partial charge in [0, 0.05) is 12.0 Å². The minimum absolute atomic E-state index is 0.0936. The number of anilines is 1. The predicted molar refractivity (Wildman–Crippen MR) is 51.1 cm³/mol. The van der Waals surface area contributed by atoms with Gasteiger partial charge in [0.15, 0.2) is 5.69 Å². The van der Waals surface area contributed by atoms with E-state index >= 15 is 0 Å². The van der Waals surface area contributed by atoms with E-state index in [0.29, 0.717) is 25.2 Å². The fourth-order valence-corrected chi connectivity index (χ4v) is 1.52. The predicted octanol–water partition coefficient (Wildman–Crippen LogP) is -0.0819. The fraction of sp³-hybridized carbons (Fsp3) is 0.444. The summed E-state index contributed by atoms with van der Waals surface area (Å²) in [6, 6.07) is 0. The molecule has 2 heterocycles.